The molecule has 0 radical (unpaired) electrons. The molecule has 0 heterocycles. The third-order valence-corrected chi connectivity index (χ3v) is 4.28. The van der Waals surface area contributed by atoms with Gasteiger partial charge < -0.3 is 37.0 Å². The molecule has 3 amide bonds. The first-order valence-corrected chi connectivity index (χ1v) is 9.29. The molecule has 5 unspecified atom stereocenters. The second-order valence-corrected chi connectivity index (χ2v) is 6.83. The van der Waals surface area contributed by atoms with E-state index in [1.165, 1.54) is 13.8 Å². The first-order valence-electron chi connectivity index (χ1n) is 9.29. The number of carbonyl (C=O) groups excluding carboxylic acids is 3. The molecule has 1 aromatic carbocycles. The molecule has 0 aliphatic carbocycles. The number of amides is 3. The van der Waals surface area contributed by atoms with Crippen molar-refractivity contribution in [1.29, 1.82) is 0 Å². The summed E-state index contributed by atoms with van der Waals surface area (Å²) < 4.78 is 0. The Hall–Kier alpha value is -3.02. The number of hydrogen-bond acceptors (Lipinski definition) is 7. The van der Waals surface area contributed by atoms with E-state index in [9.17, 15) is 29.4 Å². The topological polar surface area (TPSA) is 191 Å². The summed E-state index contributed by atoms with van der Waals surface area (Å²) in [7, 11) is 0. The Morgan fingerprint density at radius 1 is 0.933 bits per heavy atom. The first kappa shape index (κ1) is 25.0. The maximum Gasteiger partial charge on any atom is 0.325 e. The summed E-state index contributed by atoms with van der Waals surface area (Å²) in [6.07, 6.45) is -1.10. The van der Waals surface area contributed by atoms with Gasteiger partial charge in [-0.1, -0.05) is 30.3 Å². The fraction of sp³-hybridized carbons (Fsp3) is 0.474. The van der Waals surface area contributed by atoms with Gasteiger partial charge in [-0.3, -0.25) is 19.2 Å². The van der Waals surface area contributed by atoms with E-state index in [4.69, 9.17) is 10.8 Å². The Kier molecular flexibility index (Phi) is 9.89. The predicted octanol–water partition coefficient (Wildman–Crippen LogP) is -2.51. The molecular formula is C19H28N4O7. The van der Waals surface area contributed by atoms with Crippen molar-refractivity contribution in [2.45, 2.75) is 50.5 Å². The van der Waals surface area contributed by atoms with Crippen molar-refractivity contribution in [3.05, 3.63) is 35.9 Å². The lowest BCUT2D eigenvalue weighted by Crippen LogP contribution is -2.59. The molecule has 0 bridgehead atoms. The fourth-order valence-corrected chi connectivity index (χ4v) is 2.39. The highest BCUT2D eigenvalue weighted by Crippen LogP contribution is 2.05. The quantitative estimate of drug-likeness (QED) is 0.202. The van der Waals surface area contributed by atoms with E-state index in [-0.39, 0.29) is 6.42 Å². The average molecular weight is 424 g/mol. The fourth-order valence-electron chi connectivity index (χ4n) is 2.39. The van der Waals surface area contributed by atoms with Gasteiger partial charge in [0.2, 0.25) is 17.7 Å². The van der Waals surface area contributed by atoms with Gasteiger partial charge in [0.25, 0.3) is 0 Å². The third-order valence-electron chi connectivity index (χ3n) is 4.28. The molecule has 0 aliphatic rings. The normalized spacial score (nSPS) is 15.8. The van der Waals surface area contributed by atoms with Crippen LogP contribution in [-0.2, 0) is 25.6 Å². The van der Waals surface area contributed by atoms with Gasteiger partial charge >= 0.3 is 5.97 Å². The standard InChI is InChI=1S/C19H28N4O7/c1-10(19(29)30)21-17(27)14(9-24)23-16(26)13(8-12-6-4-3-5-7-12)22-18(28)15(20)11(2)25/h3-7,10-11,13-15,24-25H,8-9,20H2,1-2H3,(H,21,27)(H,22,28)(H,23,26)(H,29,30). The number of aliphatic hydroxyl groups is 2. The molecule has 1 aromatic rings. The van der Waals surface area contributed by atoms with Crippen molar-refractivity contribution in [1.82, 2.24) is 16.0 Å². The highest BCUT2D eigenvalue weighted by atomic mass is 16.4. The molecule has 0 saturated heterocycles. The second-order valence-electron chi connectivity index (χ2n) is 6.83. The van der Waals surface area contributed by atoms with Crippen LogP contribution in [0.3, 0.4) is 0 Å². The molecule has 30 heavy (non-hydrogen) atoms. The minimum absolute atomic E-state index is 0.0518. The molecule has 5 atom stereocenters. The maximum atomic E-state index is 12.7. The molecule has 1 rings (SSSR count). The van der Waals surface area contributed by atoms with Gasteiger partial charge in [0.15, 0.2) is 0 Å². The lowest BCUT2D eigenvalue weighted by molar-refractivity contribution is -0.142. The van der Waals surface area contributed by atoms with Gasteiger partial charge in [0.05, 0.1) is 12.7 Å². The molecule has 0 aromatic heterocycles. The zero-order valence-electron chi connectivity index (χ0n) is 16.7. The summed E-state index contributed by atoms with van der Waals surface area (Å²) in [6, 6.07) is 3.61. The molecule has 0 spiro atoms. The lowest BCUT2D eigenvalue weighted by atomic mass is 10.0. The highest BCUT2D eigenvalue weighted by molar-refractivity contribution is 5.94. The number of aliphatic hydroxyl groups excluding tert-OH is 2. The van der Waals surface area contributed by atoms with Gasteiger partial charge in [0.1, 0.15) is 24.2 Å². The van der Waals surface area contributed by atoms with Gasteiger partial charge in [-0.05, 0) is 19.4 Å². The Balaban J connectivity index is 2.95. The van der Waals surface area contributed by atoms with Crippen LogP contribution in [0.5, 0.6) is 0 Å². The van der Waals surface area contributed by atoms with Crippen LogP contribution < -0.4 is 21.7 Å². The molecule has 11 heteroatoms. The van der Waals surface area contributed by atoms with Crippen LogP contribution in [0, 0.1) is 0 Å². The summed E-state index contributed by atoms with van der Waals surface area (Å²) in [5.41, 5.74) is 6.31. The van der Waals surface area contributed by atoms with E-state index in [1.54, 1.807) is 30.3 Å². The van der Waals surface area contributed by atoms with E-state index in [1.807, 2.05) is 0 Å². The Morgan fingerprint density at radius 2 is 1.47 bits per heavy atom. The monoisotopic (exact) mass is 424 g/mol. The SMILES string of the molecule is CC(NC(=O)C(CO)NC(=O)C(Cc1ccccc1)NC(=O)C(N)C(C)O)C(=O)O. The zero-order valence-corrected chi connectivity index (χ0v) is 16.7. The summed E-state index contributed by atoms with van der Waals surface area (Å²) >= 11 is 0. The van der Waals surface area contributed by atoms with Gasteiger partial charge in [-0.2, -0.15) is 0 Å². The first-order chi connectivity index (χ1) is 14.1. The van der Waals surface area contributed by atoms with Gasteiger partial charge in [0, 0.05) is 6.42 Å². The van der Waals surface area contributed by atoms with Crippen LogP contribution in [0.25, 0.3) is 0 Å². The Morgan fingerprint density at radius 3 is 1.97 bits per heavy atom. The molecule has 166 valence electrons. The third kappa shape index (κ3) is 7.78. The van der Waals surface area contributed by atoms with Crippen LogP contribution in [-0.4, -0.2) is 75.9 Å². The van der Waals surface area contributed by atoms with Gasteiger partial charge in [-0.25, -0.2) is 0 Å². The van der Waals surface area contributed by atoms with Crippen molar-refractivity contribution in [2.75, 3.05) is 6.61 Å². The van der Waals surface area contributed by atoms with E-state index in [2.05, 4.69) is 16.0 Å². The van der Waals surface area contributed by atoms with E-state index < -0.39 is 60.6 Å². The molecular weight excluding hydrogens is 396 g/mol. The van der Waals surface area contributed by atoms with Crippen molar-refractivity contribution in [3.8, 4) is 0 Å². The molecule has 0 saturated carbocycles. The number of hydrogen-bond donors (Lipinski definition) is 7. The minimum atomic E-state index is -1.43. The van der Waals surface area contributed by atoms with E-state index in [0.29, 0.717) is 5.56 Å². The van der Waals surface area contributed by atoms with Crippen molar-refractivity contribution >= 4 is 23.7 Å². The average Bonchev–Trinajstić information content (AvgIpc) is 2.70. The van der Waals surface area contributed by atoms with Crippen LogP contribution in [0.2, 0.25) is 0 Å². The van der Waals surface area contributed by atoms with Crippen molar-refractivity contribution < 1.29 is 34.5 Å². The Bertz CT molecular complexity index is 742. The van der Waals surface area contributed by atoms with Crippen LogP contribution in [0.4, 0.5) is 0 Å². The smallest absolute Gasteiger partial charge is 0.325 e. The lowest BCUT2D eigenvalue weighted by Gasteiger charge is -2.24. The Labute approximate surface area is 173 Å². The van der Waals surface area contributed by atoms with Crippen LogP contribution in [0.1, 0.15) is 19.4 Å². The van der Waals surface area contributed by atoms with Crippen molar-refractivity contribution in [3.63, 3.8) is 0 Å². The number of carboxylic acid groups (broad SMARTS) is 1. The summed E-state index contributed by atoms with van der Waals surface area (Å²) in [6.45, 7) is 1.77. The van der Waals surface area contributed by atoms with E-state index in [0.717, 1.165) is 0 Å². The van der Waals surface area contributed by atoms with Crippen molar-refractivity contribution in [2.24, 2.45) is 5.73 Å². The minimum Gasteiger partial charge on any atom is -0.480 e. The molecule has 8 N–H and O–H groups in total. The number of benzene rings is 1. The largest absolute Gasteiger partial charge is 0.480 e. The molecule has 11 nitrogen and oxygen atoms in total. The zero-order chi connectivity index (χ0) is 22.8. The number of carboxylic acids is 1. The maximum absolute atomic E-state index is 12.7. The number of nitrogens with two attached hydrogens (primary N) is 1. The van der Waals surface area contributed by atoms with Crippen LogP contribution in [0.15, 0.2) is 30.3 Å². The summed E-state index contributed by atoms with van der Waals surface area (Å²) in [5, 5.41) is 34.7. The van der Waals surface area contributed by atoms with E-state index >= 15 is 0 Å². The van der Waals surface area contributed by atoms with Crippen LogP contribution >= 0.6 is 0 Å². The molecule has 0 fully saturated rings. The summed E-state index contributed by atoms with van der Waals surface area (Å²) in [5.74, 6) is -3.74. The number of rotatable bonds is 11. The highest BCUT2D eigenvalue weighted by Gasteiger charge is 2.30. The number of carbonyl (C=O) groups is 4. The van der Waals surface area contributed by atoms with Gasteiger partial charge in [-0.15, -0.1) is 0 Å². The second kappa shape index (κ2) is 11.9. The predicted molar refractivity (Wildman–Crippen MR) is 106 cm³/mol. The number of aliphatic carboxylic acids is 1. The number of nitrogens with one attached hydrogen (secondary N) is 3. The summed E-state index contributed by atoms with van der Waals surface area (Å²) in [4.78, 5) is 48.0. The molecule has 0 aliphatic heterocycles.